The van der Waals surface area contributed by atoms with Crippen molar-refractivity contribution in [2.24, 2.45) is 5.41 Å². The standard InChI is InChI=1S/C14H19N2O7P/c1-9-6-10(16-22-9)7-20-11(17)4-5-15-13(18)12-14(2,3)8-21-24(19)23-12/h6,12H,4-5,7-8H2,1-3H3/p+1/t12-/m0/s1. The van der Waals surface area contributed by atoms with E-state index in [1.54, 1.807) is 26.8 Å². The van der Waals surface area contributed by atoms with E-state index in [-0.39, 0.29) is 26.2 Å². The van der Waals surface area contributed by atoms with Crippen LogP contribution in [0.4, 0.5) is 0 Å². The fourth-order valence-electron chi connectivity index (χ4n) is 2.05. The smallest absolute Gasteiger partial charge is 0.459 e. The fraction of sp³-hybridized carbons (Fsp3) is 0.643. The molecule has 0 spiro atoms. The molecule has 1 aliphatic heterocycles. The Kier molecular flexibility index (Phi) is 6.04. The molecule has 0 aliphatic carbocycles. The maximum Gasteiger partial charge on any atom is 0.698 e. The molecule has 1 aliphatic rings. The van der Waals surface area contributed by atoms with Gasteiger partial charge in [-0.15, -0.1) is 9.05 Å². The number of amides is 1. The van der Waals surface area contributed by atoms with Crippen LogP contribution in [-0.4, -0.2) is 36.3 Å². The first-order chi connectivity index (χ1) is 11.3. The van der Waals surface area contributed by atoms with E-state index in [1.165, 1.54) is 0 Å². The summed E-state index contributed by atoms with van der Waals surface area (Å²) in [6.07, 6.45) is -0.901. The van der Waals surface area contributed by atoms with Crippen molar-refractivity contribution in [3.63, 3.8) is 0 Å². The average Bonchev–Trinajstić information content (AvgIpc) is 2.93. The summed E-state index contributed by atoms with van der Waals surface area (Å²) in [4.78, 5) is 23.8. The van der Waals surface area contributed by atoms with E-state index in [0.29, 0.717) is 11.5 Å². The van der Waals surface area contributed by atoms with Gasteiger partial charge in [-0.05, 0) is 6.92 Å². The van der Waals surface area contributed by atoms with Crippen LogP contribution < -0.4 is 5.32 Å². The third-order valence-electron chi connectivity index (χ3n) is 3.37. The van der Waals surface area contributed by atoms with E-state index in [4.69, 9.17) is 18.3 Å². The van der Waals surface area contributed by atoms with Crippen molar-refractivity contribution in [1.82, 2.24) is 10.5 Å². The first kappa shape index (κ1) is 18.5. The lowest BCUT2D eigenvalue weighted by Gasteiger charge is -2.29. The number of ether oxygens (including phenoxy) is 1. The van der Waals surface area contributed by atoms with Crippen LogP contribution in [0.1, 0.15) is 31.7 Å². The molecule has 2 heterocycles. The van der Waals surface area contributed by atoms with Gasteiger partial charge in [0, 0.05) is 22.6 Å². The summed E-state index contributed by atoms with van der Waals surface area (Å²) in [5, 5.41) is 6.28. The van der Waals surface area contributed by atoms with E-state index >= 15 is 0 Å². The summed E-state index contributed by atoms with van der Waals surface area (Å²) in [7, 11) is -2.30. The van der Waals surface area contributed by atoms with E-state index < -0.39 is 31.7 Å². The van der Waals surface area contributed by atoms with Gasteiger partial charge in [0.05, 0.1) is 6.42 Å². The maximum absolute atomic E-state index is 12.1. The minimum absolute atomic E-state index is 0.00163. The van der Waals surface area contributed by atoms with Gasteiger partial charge >= 0.3 is 14.2 Å². The molecule has 1 aromatic heterocycles. The molecule has 2 atom stereocenters. The van der Waals surface area contributed by atoms with Gasteiger partial charge in [-0.2, -0.15) is 0 Å². The molecular formula is C14H20N2O7P+. The third-order valence-corrected chi connectivity index (χ3v) is 4.09. The molecule has 1 saturated heterocycles. The zero-order valence-electron chi connectivity index (χ0n) is 13.7. The Morgan fingerprint density at radius 1 is 1.50 bits per heavy atom. The van der Waals surface area contributed by atoms with Gasteiger partial charge in [-0.1, -0.05) is 19.0 Å². The number of hydrogen-bond donors (Lipinski definition) is 1. The Hall–Kier alpha value is -1.83. The number of nitrogens with zero attached hydrogens (tertiary/aromatic N) is 1. The summed E-state index contributed by atoms with van der Waals surface area (Å²) in [6.45, 7) is 5.53. The van der Waals surface area contributed by atoms with Crippen LogP contribution in [0.25, 0.3) is 0 Å². The lowest BCUT2D eigenvalue weighted by molar-refractivity contribution is -0.145. The van der Waals surface area contributed by atoms with Crippen molar-refractivity contribution in [1.29, 1.82) is 0 Å². The van der Waals surface area contributed by atoms with Crippen LogP contribution in [-0.2, 0) is 34.5 Å². The van der Waals surface area contributed by atoms with Crippen LogP contribution in [0.2, 0.25) is 0 Å². The van der Waals surface area contributed by atoms with Gasteiger partial charge in [-0.25, -0.2) is 0 Å². The quantitative estimate of drug-likeness (QED) is 0.602. The summed E-state index contributed by atoms with van der Waals surface area (Å²) in [5.41, 5.74) is -0.0930. The lowest BCUT2D eigenvalue weighted by atomic mass is 9.87. The molecule has 1 aromatic rings. The summed E-state index contributed by atoms with van der Waals surface area (Å²) < 4.78 is 31.2. The molecule has 2 rings (SSSR count). The SMILES string of the molecule is Cc1cc(COC(=O)CCNC(=O)[C@@H]2O[P+](=O)OCC2(C)C)no1. The number of rotatable bonds is 6. The highest BCUT2D eigenvalue weighted by molar-refractivity contribution is 7.33. The first-order valence-corrected chi connectivity index (χ1v) is 8.50. The number of nitrogens with one attached hydrogen (secondary N) is 1. The van der Waals surface area contributed by atoms with Gasteiger partial charge in [0.25, 0.3) is 5.91 Å². The molecule has 9 nitrogen and oxygen atoms in total. The van der Waals surface area contributed by atoms with Crippen molar-refractivity contribution in [2.75, 3.05) is 13.2 Å². The third kappa shape index (κ3) is 5.09. The van der Waals surface area contributed by atoms with Crippen LogP contribution in [0.15, 0.2) is 10.6 Å². The number of aromatic nitrogens is 1. The topological polar surface area (TPSA) is 117 Å². The summed E-state index contributed by atoms with van der Waals surface area (Å²) >= 11 is 0. The molecule has 24 heavy (non-hydrogen) atoms. The highest BCUT2D eigenvalue weighted by Gasteiger charge is 2.50. The first-order valence-electron chi connectivity index (χ1n) is 7.40. The highest BCUT2D eigenvalue weighted by Crippen LogP contribution is 2.41. The molecular weight excluding hydrogens is 339 g/mol. The zero-order chi connectivity index (χ0) is 17.7. The highest BCUT2D eigenvalue weighted by atomic mass is 31.1. The van der Waals surface area contributed by atoms with Crippen LogP contribution in [0.5, 0.6) is 0 Å². The minimum atomic E-state index is -2.30. The summed E-state index contributed by atoms with van der Waals surface area (Å²) in [5.74, 6) is -0.286. The largest absolute Gasteiger partial charge is 0.698 e. The Morgan fingerprint density at radius 2 is 2.25 bits per heavy atom. The van der Waals surface area contributed by atoms with E-state index in [9.17, 15) is 14.2 Å². The van der Waals surface area contributed by atoms with Gasteiger partial charge in [0.1, 0.15) is 24.7 Å². The van der Waals surface area contributed by atoms with Gasteiger partial charge in [0.2, 0.25) is 6.10 Å². The van der Waals surface area contributed by atoms with Gasteiger partial charge in [-0.3, -0.25) is 9.59 Å². The van der Waals surface area contributed by atoms with Crippen LogP contribution in [0.3, 0.4) is 0 Å². The van der Waals surface area contributed by atoms with Crippen LogP contribution in [0, 0.1) is 12.3 Å². The molecule has 1 unspecified atom stereocenters. The van der Waals surface area contributed by atoms with E-state index in [1.807, 2.05) is 0 Å². The van der Waals surface area contributed by atoms with Crippen molar-refractivity contribution >= 4 is 20.1 Å². The van der Waals surface area contributed by atoms with Crippen LogP contribution >= 0.6 is 8.25 Å². The Balaban J connectivity index is 1.71. The predicted octanol–water partition coefficient (Wildman–Crippen LogP) is 1.63. The van der Waals surface area contributed by atoms with Crippen molar-refractivity contribution in [3.8, 4) is 0 Å². The minimum Gasteiger partial charge on any atom is -0.459 e. The second-order valence-corrected chi connectivity index (χ2v) is 7.02. The summed E-state index contributed by atoms with van der Waals surface area (Å²) in [6, 6.07) is 1.67. The predicted molar refractivity (Wildman–Crippen MR) is 80.9 cm³/mol. The molecule has 1 N–H and O–H groups in total. The molecule has 10 heteroatoms. The fourth-order valence-corrected chi connectivity index (χ4v) is 3.10. The molecule has 1 amide bonds. The number of hydrogen-bond acceptors (Lipinski definition) is 8. The monoisotopic (exact) mass is 359 g/mol. The Labute approximate surface area is 139 Å². The van der Waals surface area contributed by atoms with Crippen molar-refractivity contribution < 1.29 is 32.5 Å². The second-order valence-electron chi connectivity index (χ2n) is 6.10. The molecule has 1 fully saturated rings. The van der Waals surface area contributed by atoms with Gasteiger partial charge < -0.3 is 14.6 Å². The zero-order valence-corrected chi connectivity index (χ0v) is 14.6. The van der Waals surface area contributed by atoms with E-state index in [0.717, 1.165) is 0 Å². The van der Waals surface area contributed by atoms with Crippen molar-refractivity contribution in [3.05, 3.63) is 17.5 Å². The molecule has 132 valence electrons. The molecule has 0 saturated carbocycles. The molecule has 0 radical (unpaired) electrons. The second kappa shape index (κ2) is 7.83. The van der Waals surface area contributed by atoms with Crippen molar-refractivity contribution in [2.45, 2.75) is 39.9 Å². The number of esters is 1. The maximum atomic E-state index is 12.1. The molecule has 0 aromatic carbocycles. The number of carbonyl (C=O) groups excluding carboxylic acids is 2. The Bertz CT molecular complexity index is 628. The Morgan fingerprint density at radius 3 is 2.92 bits per heavy atom. The molecule has 0 bridgehead atoms. The number of carbonyl (C=O) groups is 2. The average molecular weight is 359 g/mol. The van der Waals surface area contributed by atoms with Gasteiger partial charge in [0.15, 0.2) is 0 Å². The normalized spacial score (nSPS) is 21.3. The van der Waals surface area contributed by atoms with E-state index in [2.05, 4.69) is 10.5 Å². The lowest BCUT2D eigenvalue weighted by Crippen LogP contribution is -2.48. The number of aryl methyl sites for hydroxylation is 1.